The fourth-order valence-electron chi connectivity index (χ4n) is 2.84. The Kier molecular flexibility index (Phi) is 5.71. The first kappa shape index (κ1) is 18.6. The molecule has 3 aromatic rings. The molecule has 6 heteroatoms. The number of para-hydroxylation sites is 3. The van der Waals surface area contributed by atoms with E-state index in [1.165, 1.54) is 0 Å². The molecule has 0 spiro atoms. The van der Waals surface area contributed by atoms with Gasteiger partial charge in [0.1, 0.15) is 19.0 Å². The van der Waals surface area contributed by atoms with Gasteiger partial charge in [-0.25, -0.2) is 5.43 Å². The van der Waals surface area contributed by atoms with Crippen LogP contribution in [0.5, 0.6) is 17.2 Å². The van der Waals surface area contributed by atoms with Crippen LogP contribution in [0.1, 0.15) is 11.1 Å². The molecule has 4 rings (SSSR count). The fraction of sp³-hybridized carbons (Fsp3) is 0.130. The monoisotopic (exact) mass is 388 g/mol. The maximum Gasteiger partial charge on any atom is 0.284 e. The van der Waals surface area contributed by atoms with Gasteiger partial charge in [0.2, 0.25) is 6.10 Å². The van der Waals surface area contributed by atoms with Gasteiger partial charge in [0.05, 0.1) is 6.21 Å². The second-order valence-corrected chi connectivity index (χ2v) is 6.41. The van der Waals surface area contributed by atoms with Crippen LogP contribution in [0.2, 0.25) is 0 Å². The highest BCUT2D eigenvalue weighted by Gasteiger charge is 2.26. The van der Waals surface area contributed by atoms with Crippen molar-refractivity contribution in [3.63, 3.8) is 0 Å². The predicted octanol–water partition coefficient (Wildman–Crippen LogP) is 3.56. The number of hydrogen-bond donors (Lipinski definition) is 1. The molecule has 29 heavy (non-hydrogen) atoms. The number of amides is 1. The summed E-state index contributed by atoms with van der Waals surface area (Å²) in [4.78, 5) is 12.3. The molecule has 0 bridgehead atoms. The summed E-state index contributed by atoms with van der Waals surface area (Å²) < 4.78 is 17.1. The molecule has 1 aliphatic heterocycles. The predicted molar refractivity (Wildman–Crippen MR) is 109 cm³/mol. The van der Waals surface area contributed by atoms with Gasteiger partial charge in [-0.05, 0) is 29.8 Å². The maximum atomic E-state index is 12.3. The fourth-order valence-corrected chi connectivity index (χ4v) is 2.84. The number of hydrazone groups is 1. The highest BCUT2D eigenvalue weighted by Crippen LogP contribution is 2.30. The van der Waals surface area contributed by atoms with E-state index in [0.717, 1.165) is 11.1 Å². The lowest BCUT2D eigenvalue weighted by Crippen LogP contribution is -2.42. The van der Waals surface area contributed by atoms with Crippen LogP contribution in [0.3, 0.4) is 0 Å². The van der Waals surface area contributed by atoms with Crippen molar-refractivity contribution in [2.45, 2.75) is 12.7 Å². The summed E-state index contributed by atoms with van der Waals surface area (Å²) in [6, 6.07) is 24.6. The molecule has 1 N–H and O–H groups in total. The van der Waals surface area contributed by atoms with Crippen LogP contribution < -0.4 is 19.6 Å². The largest absolute Gasteiger partial charge is 0.488 e. The molecule has 1 atom stereocenters. The van der Waals surface area contributed by atoms with Crippen LogP contribution in [0.15, 0.2) is 84.0 Å². The first-order valence-corrected chi connectivity index (χ1v) is 9.27. The van der Waals surface area contributed by atoms with Crippen LogP contribution >= 0.6 is 0 Å². The number of carbonyl (C=O) groups is 1. The number of carbonyl (C=O) groups excluding carboxylic acids is 1. The normalized spacial score (nSPS) is 15.1. The van der Waals surface area contributed by atoms with E-state index < -0.39 is 6.10 Å². The lowest BCUT2D eigenvalue weighted by Gasteiger charge is -2.24. The Morgan fingerprint density at radius 1 is 1.00 bits per heavy atom. The van der Waals surface area contributed by atoms with Crippen LogP contribution in [0.4, 0.5) is 0 Å². The Morgan fingerprint density at radius 3 is 2.59 bits per heavy atom. The van der Waals surface area contributed by atoms with Gasteiger partial charge in [-0.3, -0.25) is 4.79 Å². The standard InChI is InChI=1S/C23H20N2O4/c26-23(22-16-28-20-12-6-7-13-21(20)29-22)25-24-14-18-10-4-5-11-19(18)27-15-17-8-2-1-3-9-17/h1-14,22H,15-16H2,(H,25,26)/b24-14-/t22-/m0/s1. The van der Waals surface area contributed by atoms with E-state index in [4.69, 9.17) is 14.2 Å². The summed E-state index contributed by atoms with van der Waals surface area (Å²) >= 11 is 0. The third kappa shape index (κ3) is 4.73. The molecule has 0 saturated carbocycles. The molecule has 146 valence electrons. The minimum absolute atomic E-state index is 0.134. The van der Waals surface area contributed by atoms with Gasteiger partial charge < -0.3 is 14.2 Å². The van der Waals surface area contributed by atoms with Crippen molar-refractivity contribution >= 4 is 12.1 Å². The number of fused-ring (bicyclic) bond motifs is 1. The van der Waals surface area contributed by atoms with Crippen molar-refractivity contribution in [2.75, 3.05) is 6.61 Å². The quantitative estimate of drug-likeness (QED) is 0.518. The number of ether oxygens (including phenoxy) is 3. The van der Waals surface area contributed by atoms with Crippen molar-refractivity contribution < 1.29 is 19.0 Å². The lowest BCUT2D eigenvalue weighted by molar-refractivity contribution is -0.130. The molecule has 0 unspecified atom stereocenters. The molecule has 0 aromatic heterocycles. The molecule has 0 fully saturated rings. The minimum atomic E-state index is -0.758. The lowest BCUT2D eigenvalue weighted by atomic mass is 10.2. The minimum Gasteiger partial charge on any atom is -0.488 e. The number of benzene rings is 3. The van der Waals surface area contributed by atoms with Gasteiger partial charge in [0.25, 0.3) is 5.91 Å². The Bertz CT molecular complexity index is 1000. The van der Waals surface area contributed by atoms with E-state index in [0.29, 0.717) is 23.9 Å². The van der Waals surface area contributed by atoms with Gasteiger partial charge in [0.15, 0.2) is 11.5 Å². The van der Waals surface area contributed by atoms with Crippen molar-refractivity contribution in [1.82, 2.24) is 5.43 Å². The average molecular weight is 388 g/mol. The summed E-state index contributed by atoms with van der Waals surface area (Å²) in [6.07, 6.45) is 0.794. The van der Waals surface area contributed by atoms with Crippen molar-refractivity contribution in [3.05, 3.63) is 90.0 Å². The van der Waals surface area contributed by atoms with Crippen molar-refractivity contribution in [2.24, 2.45) is 5.10 Å². The van der Waals surface area contributed by atoms with E-state index in [1.807, 2.05) is 66.7 Å². The first-order chi connectivity index (χ1) is 14.3. The molecule has 1 heterocycles. The summed E-state index contributed by atoms with van der Waals surface area (Å²) in [7, 11) is 0. The van der Waals surface area contributed by atoms with E-state index in [9.17, 15) is 4.79 Å². The van der Waals surface area contributed by atoms with E-state index in [1.54, 1.807) is 18.3 Å². The highest BCUT2D eigenvalue weighted by atomic mass is 16.6. The second-order valence-electron chi connectivity index (χ2n) is 6.41. The van der Waals surface area contributed by atoms with E-state index in [-0.39, 0.29) is 12.5 Å². The Morgan fingerprint density at radius 2 is 1.72 bits per heavy atom. The third-order valence-electron chi connectivity index (χ3n) is 4.34. The summed E-state index contributed by atoms with van der Waals surface area (Å²) in [5.41, 5.74) is 4.33. The molecule has 0 saturated heterocycles. The summed E-state index contributed by atoms with van der Waals surface area (Å²) in [6.45, 7) is 0.583. The molecule has 0 radical (unpaired) electrons. The zero-order chi connectivity index (χ0) is 19.9. The first-order valence-electron chi connectivity index (χ1n) is 9.27. The zero-order valence-electron chi connectivity index (χ0n) is 15.7. The van der Waals surface area contributed by atoms with Gasteiger partial charge in [-0.15, -0.1) is 0 Å². The molecule has 3 aromatic carbocycles. The second kappa shape index (κ2) is 8.93. The van der Waals surface area contributed by atoms with Crippen molar-refractivity contribution in [1.29, 1.82) is 0 Å². The van der Waals surface area contributed by atoms with Gasteiger partial charge in [-0.1, -0.05) is 54.6 Å². The number of nitrogens with zero attached hydrogens (tertiary/aromatic N) is 1. The molecular weight excluding hydrogens is 368 g/mol. The molecule has 0 aliphatic carbocycles. The molecule has 6 nitrogen and oxygen atoms in total. The van der Waals surface area contributed by atoms with Gasteiger partial charge in [0, 0.05) is 5.56 Å². The number of hydrogen-bond acceptors (Lipinski definition) is 5. The molecular formula is C23H20N2O4. The smallest absolute Gasteiger partial charge is 0.284 e. The maximum absolute atomic E-state index is 12.3. The van der Waals surface area contributed by atoms with E-state index in [2.05, 4.69) is 10.5 Å². The summed E-state index contributed by atoms with van der Waals surface area (Å²) in [5, 5.41) is 4.05. The SMILES string of the molecule is O=C(N/N=C\c1ccccc1OCc1ccccc1)[C@@H]1COc2ccccc2O1. The van der Waals surface area contributed by atoms with Crippen LogP contribution in [-0.4, -0.2) is 24.8 Å². The Balaban J connectivity index is 1.35. The number of rotatable bonds is 6. The highest BCUT2D eigenvalue weighted by molar-refractivity contribution is 5.86. The van der Waals surface area contributed by atoms with Gasteiger partial charge in [-0.2, -0.15) is 5.10 Å². The van der Waals surface area contributed by atoms with Crippen molar-refractivity contribution in [3.8, 4) is 17.2 Å². The molecule has 1 aliphatic rings. The Hall–Kier alpha value is -3.80. The topological polar surface area (TPSA) is 69.2 Å². The van der Waals surface area contributed by atoms with E-state index >= 15 is 0 Å². The zero-order valence-corrected chi connectivity index (χ0v) is 15.7. The van der Waals surface area contributed by atoms with Crippen LogP contribution in [0, 0.1) is 0 Å². The van der Waals surface area contributed by atoms with Crippen LogP contribution in [-0.2, 0) is 11.4 Å². The van der Waals surface area contributed by atoms with Gasteiger partial charge >= 0.3 is 0 Å². The third-order valence-corrected chi connectivity index (χ3v) is 4.34. The summed E-state index contributed by atoms with van der Waals surface area (Å²) in [5.74, 6) is 1.48. The molecule has 1 amide bonds. The van der Waals surface area contributed by atoms with Crippen LogP contribution in [0.25, 0.3) is 0 Å². The Labute approximate surface area is 168 Å². The number of nitrogens with one attached hydrogen (secondary N) is 1. The average Bonchev–Trinajstić information content (AvgIpc) is 2.78.